The molecular weight excluding hydrogens is 385 g/mol. The Balaban J connectivity index is 1.83. The molecule has 2 aromatic heterocycles. The average Bonchev–Trinajstić information content (AvgIpc) is 2.64. The maximum Gasteiger partial charge on any atom is 0.417 e. The van der Waals surface area contributed by atoms with Gasteiger partial charge in [0.15, 0.2) is 5.82 Å². The van der Waals surface area contributed by atoms with Crippen LogP contribution in [0.15, 0.2) is 29.3 Å². The molecule has 0 N–H and O–H groups in total. The van der Waals surface area contributed by atoms with Gasteiger partial charge >= 0.3 is 6.18 Å². The third-order valence-corrected chi connectivity index (χ3v) is 4.71. The van der Waals surface area contributed by atoms with E-state index in [4.69, 9.17) is 16.3 Å². The zero-order valence-corrected chi connectivity index (χ0v) is 15.3. The van der Waals surface area contributed by atoms with Crippen molar-refractivity contribution in [3.05, 3.63) is 45.5 Å². The molecule has 2 aromatic rings. The van der Waals surface area contributed by atoms with E-state index in [0.29, 0.717) is 25.0 Å². The molecule has 1 atom stereocenters. The van der Waals surface area contributed by atoms with Gasteiger partial charge in [-0.2, -0.15) is 23.0 Å². The lowest BCUT2D eigenvalue weighted by atomic mass is 10.1. The molecule has 3 rings (SSSR count). The van der Waals surface area contributed by atoms with Gasteiger partial charge in [-0.25, -0.2) is 4.98 Å². The summed E-state index contributed by atoms with van der Waals surface area (Å²) in [5.41, 5.74) is -1.13. The van der Waals surface area contributed by atoms with Crippen LogP contribution in [0.4, 0.5) is 18.9 Å². The van der Waals surface area contributed by atoms with Crippen LogP contribution >= 0.6 is 11.6 Å². The Morgan fingerprint density at radius 3 is 2.70 bits per heavy atom. The fourth-order valence-corrected chi connectivity index (χ4v) is 3.16. The number of ether oxygens (including phenoxy) is 1. The van der Waals surface area contributed by atoms with Crippen molar-refractivity contribution in [1.29, 1.82) is 0 Å². The molecule has 0 amide bonds. The number of nitrogens with zero attached hydrogens (tertiary/aromatic N) is 4. The van der Waals surface area contributed by atoms with E-state index in [-0.39, 0.29) is 16.9 Å². The highest BCUT2D eigenvalue weighted by Crippen LogP contribution is 2.29. The average molecular weight is 403 g/mol. The maximum atomic E-state index is 12.6. The van der Waals surface area contributed by atoms with Crippen LogP contribution in [0.25, 0.3) is 5.82 Å². The number of anilines is 1. The third-order valence-electron chi connectivity index (χ3n) is 4.36. The van der Waals surface area contributed by atoms with Gasteiger partial charge in [0, 0.05) is 26.4 Å². The van der Waals surface area contributed by atoms with E-state index >= 15 is 0 Å². The molecule has 0 aromatic carbocycles. The number of rotatable bonds is 4. The first kappa shape index (κ1) is 19.6. The summed E-state index contributed by atoms with van der Waals surface area (Å²) < 4.78 is 44.5. The molecule has 1 aliphatic heterocycles. The minimum Gasteiger partial charge on any atom is -0.376 e. The Morgan fingerprint density at radius 2 is 2.11 bits per heavy atom. The summed E-state index contributed by atoms with van der Waals surface area (Å²) in [7, 11) is 1.78. The normalized spacial score (nSPS) is 17.7. The molecule has 1 aliphatic rings. The van der Waals surface area contributed by atoms with Crippen LogP contribution in [0, 0.1) is 0 Å². The Labute approximate surface area is 158 Å². The summed E-state index contributed by atoms with van der Waals surface area (Å²) in [4.78, 5) is 18.0. The zero-order chi connectivity index (χ0) is 19.6. The smallest absolute Gasteiger partial charge is 0.376 e. The molecule has 1 fully saturated rings. The monoisotopic (exact) mass is 402 g/mol. The highest BCUT2D eigenvalue weighted by molar-refractivity contribution is 6.33. The van der Waals surface area contributed by atoms with Gasteiger partial charge in [-0.1, -0.05) is 11.6 Å². The van der Waals surface area contributed by atoms with Crippen molar-refractivity contribution in [1.82, 2.24) is 14.8 Å². The minimum atomic E-state index is -4.50. The Bertz CT molecular complexity index is 849. The summed E-state index contributed by atoms with van der Waals surface area (Å²) in [5, 5.41) is 3.93. The van der Waals surface area contributed by atoms with Gasteiger partial charge in [0.05, 0.1) is 23.6 Å². The molecule has 1 unspecified atom stereocenters. The van der Waals surface area contributed by atoms with Crippen molar-refractivity contribution in [2.24, 2.45) is 0 Å². The van der Waals surface area contributed by atoms with E-state index in [0.717, 1.165) is 36.1 Å². The number of hydrogen-bond donors (Lipinski definition) is 0. The number of likely N-dealkylation sites (N-methyl/N-ethyl adjacent to an activating group) is 1. The predicted octanol–water partition coefficient (Wildman–Crippen LogP) is 3.31. The number of alkyl halides is 3. The fourth-order valence-electron chi connectivity index (χ4n) is 2.89. The van der Waals surface area contributed by atoms with E-state index in [1.54, 1.807) is 11.9 Å². The lowest BCUT2D eigenvalue weighted by molar-refractivity contribution is -0.137. The highest BCUT2D eigenvalue weighted by Gasteiger charge is 2.31. The number of pyridine rings is 1. The number of aromatic nitrogens is 3. The second kappa shape index (κ2) is 7.85. The van der Waals surface area contributed by atoms with Crippen molar-refractivity contribution in [2.45, 2.75) is 31.5 Å². The molecule has 0 spiro atoms. The van der Waals surface area contributed by atoms with Crippen LogP contribution in [-0.2, 0) is 10.9 Å². The van der Waals surface area contributed by atoms with Gasteiger partial charge in [-0.05, 0) is 31.4 Å². The van der Waals surface area contributed by atoms with Gasteiger partial charge in [-0.15, -0.1) is 0 Å². The standard InChI is InChI=1S/C17H18ClF3N4O2/c1-24(10-12-4-2-3-7-27-12)13-9-23-25(16(26)15(13)18)14-6-5-11(8-22-14)17(19,20)21/h5-6,8-9,12H,2-4,7,10H2,1H3. The first-order chi connectivity index (χ1) is 12.8. The molecule has 146 valence electrons. The maximum absolute atomic E-state index is 12.6. The van der Waals surface area contributed by atoms with E-state index in [1.807, 2.05) is 0 Å². The molecular formula is C17H18ClF3N4O2. The largest absolute Gasteiger partial charge is 0.417 e. The Morgan fingerprint density at radius 1 is 1.33 bits per heavy atom. The van der Waals surface area contributed by atoms with Gasteiger partial charge in [0.2, 0.25) is 0 Å². The van der Waals surface area contributed by atoms with Crippen molar-refractivity contribution in [2.75, 3.05) is 25.1 Å². The number of halogens is 4. The van der Waals surface area contributed by atoms with Crippen LogP contribution in [-0.4, -0.2) is 41.1 Å². The second-order valence-corrected chi connectivity index (χ2v) is 6.71. The fraction of sp³-hybridized carbons (Fsp3) is 0.471. The minimum absolute atomic E-state index is 0.0419. The van der Waals surface area contributed by atoms with Crippen molar-refractivity contribution in [3.8, 4) is 5.82 Å². The molecule has 0 bridgehead atoms. The van der Waals surface area contributed by atoms with E-state index in [2.05, 4.69) is 10.1 Å². The number of hydrogen-bond acceptors (Lipinski definition) is 5. The van der Waals surface area contributed by atoms with E-state index in [1.165, 1.54) is 6.20 Å². The molecule has 3 heterocycles. The molecule has 0 saturated carbocycles. The molecule has 10 heteroatoms. The molecule has 0 radical (unpaired) electrons. The van der Waals surface area contributed by atoms with Gasteiger partial charge in [0.1, 0.15) is 5.02 Å². The van der Waals surface area contributed by atoms with Crippen molar-refractivity contribution < 1.29 is 17.9 Å². The van der Waals surface area contributed by atoms with Gasteiger partial charge in [-0.3, -0.25) is 4.79 Å². The summed E-state index contributed by atoms with van der Waals surface area (Å²) in [6, 6.07) is 1.91. The molecule has 1 saturated heterocycles. The van der Waals surface area contributed by atoms with Crippen LogP contribution in [0.5, 0.6) is 0 Å². The lowest BCUT2D eigenvalue weighted by Crippen LogP contribution is -2.35. The molecule has 0 aliphatic carbocycles. The highest BCUT2D eigenvalue weighted by atomic mass is 35.5. The SMILES string of the molecule is CN(CC1CCCCO1)c1cnn(-c2ccc(C(F)(F)F)cn2)c(=O)c1Cl. The first-order valence-corrected chi connectivity index (χ1v) is 8.79. The third kappa shape index (κ3) is 4.41. The summed E-state index contributed by atoms with van der Waals surface area (Å²) in [5.74, 6) is -0.0419. The molecule has 6 nitrogen and oxygen atoms in total. The Kier molecular flexibility index (Phi) is 5.71. The van der Waals surface area contributed by atoms with E-state index < -0.39 is 17.3 Å². The first-order valence-electron chi connectivity index (χ1n) is 8.41. The lowest BCUT2D eigenvalue weighted by Gasteiger charge is -2.28. The van der Waals surface area contributed by atoms with Crippen LogP contribution < -0.4 is 10.5 Å². The summed E-state index contributed by atoms with van der Waals surface area (Å²) >= 11 is 6.20. The van der Waals surface area contributed by atoms with Gasteiger partial charge < -0.3 is 9.64 Å². The van der Waals surface area contributed by atoms with E-state index in [9.17, 15) is 18.0 Å². The zero-order valence-electron chi connectivity index (χ0n) is 14.5. The summed E-state index contributed by atoms with van der Waals surface area (Å²) in [6.45, 7) is 1.27. The predicted molar refractivity (Wildman–Crippen MR) is 94.5 cm³/mol. The molecule has 27 heavy (non-hydrogen) atoms. The van der Waals surface area contributed by atoms with Gasteiger partial charge in [0.25, 0.3) is 5.56 Å². The Hall–Kier alpha value is -2.13. The van der Waals surface area contributed by atoms with Crippen LogP contribution in [0.3, 0.4) is 0 Å². The van der Waals surface area contributed by atoms with Crippen molar-refractivity contribution in [3.63, 3.8) is 0 Å². The quantitative estimate of drug-likeness (QED) is 0.785. The summed E-state index contributed by atoms with van der Waals surface area (Å²) in [6.07, 6.45) is 0.657. The van der Waals surface area contributed by atoms with Crippen LogP contribution in [0.2, 0.25) is 5.02 Å². The van der Waals surface area contributed by atoms with Crippen molar-refractivity contribution >= 4 is 17.3 Å². The second-order valence-electron chi connectivity index (χ2n) is 6.33. The topological polar surface area (TPSA) is 60.2 Å². The van der Waals surface area contributed by atoms with Crippen LogP contribution in [0.1, 0.15) is 24.8 Å².